The fourth-order valence-electron chi connectivity index (χ4n) is 2.84. The van der Waals surface area contributed by atoms with Gasteiger partial charge in [0.25, 0.3) is 5.89 Å². The van der Waals surface area contributed by atoms with Crippen LogP contribution in [0.1, 0.15) is 32.4 Å². The second kappa shape index (κ2) is 6.12. The Morgan fingerprint density at radius 1 is 1.08 bits per heavy atom. The van der Waals surface area contributed by atoms with E-state index < -0.39 is 0 Å². The summed E-state index contributed by atoms with van der Waals surface area (Å²) in [6, 6.07) is 14.3. The van der Waals surface area contributed by atoms with Crippen LogP contribution in [-0.4, -0.2) is 25.1 Å². The van der Waals surface area contributed by atoms with Crippen molar-refractivity contribution in [1.29, 1.82) is 0 Å². The van der Waals surface area contributed by atoms with Crippen molar-refractivity contribution in [3.63, 3.8) is 0 Å². The molecule has 4 aromatic rings. The SMILES string of the molecule is CCc1cccc(-c2nc(-c3ccc4c(c3)nnn4C(C)C)no2)c1. The highest BCUT2D eigenvalue weighted by Gasteiger charge is 2.14. The third-order valence-corrected chi connectivity index (χ3v) is 4.23. The van der Waals surface area contributed by atoms with Gasteiger partial charge in [-0.1, -0.05) is 29.4 Å². The zero-order valence-corrected chi connectivity index (χ0v) is 14.5. The van der Waals surface area contributed by atoms with Crippen molar-refractivity contribution in [1.82, 2.24) is 25.1 Å². The lowest BCUT2D eigenvalue weighted by Crippen LogP contribution is -2.02. The number of hydrogen-bond acceptors (Lipinski definition) is 5. The Balaban J connectivity index is 1.71. The predicted molar refractivity (Wildman–Crippen MR) is 96.0 cm³/mol. The second-order valence-corrected chi connectivity index (χ2v) is 6.31. The number of hydrogen-bond donors (Lipinski definition) is 0. The Bertz CT molecular complexity index is 1030. The molecular formula is C19H19N5O. The van der Waals surface area contributed by atoms with Crippen molar-refractivity contribution in [3.8, 4) is 22.8 Å². The number of nitrogens with zero attached hydrogens (tertiary/aromatic N) is 5. The molecule has 0 N–H and O–H groups in total. The summed E-state index contributed by atoms with van der Waals surface area (Å²) in [5, 5.41) is 12.6. The molecule has 0 atom stereocenters. The van der Waals surface area contributed by atoms with E-state index in [0.717, 1.165) is 28.6 Å². The number of fused-ring (bicyclic) bond motifs is 1. The normalized spacial score (nSPS) is 11.5. The summed E-state index contributed by atoms with van der Waals surface area (Å²) in [5.74, 6) is 1.08. The lowest BCUT2D eigenvalue weighted by molar-refractivity contribution is 0.432. The van der Waals surface area contributed by atoms with Crippen LogP contribution in [0.3, 0.4) is 0 Å². The first-order valence-corrected chi connectivity index (χ1v) is 8.44. The number of aryl methyl sites for hydroxylation is 1. The average molecular weight is 333 g/mol. The molecule has 2 aromatic carbocycles. The highest BCUT2D eigenvalue weighted by atomic mass is 16.5. The van der Waals surface area contributed by atoms with Crippen LogP contribution in [0.4, 0.5) is 0 Å². The molecule has 0 aliphatic rings. The monoisotopic (exact) mass is 333 g/mol. The van der Waals surface area contributed by atoms with E-state index in [2.05, 4.69) is 53.4 Å². The van der Waals surface area contributed by atoms with Crippen LogP contribution in [0.15, 0.2) is 47.0 Å². The minimum absolute atomic E-state index is 0.262. The molecule has 2 aromatic heterocycles. The summed E-state index contributed by atoms with van der Waals surface area (Å²) in [6.07, 6.45) is 0.969. The third-order valence-electron chi connectivity index (χ3n) is 4.23. The van der Waals surface area contributed by atoms with Crippen molar-refractivity contribution in [2.45, 2.75) is 33.2 Å². The van der Waals surface area contributed by atoms with E-state index >= 15 is 0 Å². The van der Waals surface area contributed by atoms with Crippen molar-refractivity contribution in [2.75, 3.05) is 0 Å². The molecule has 126 valence electrons. The van der Waals surface area contributed by atoms with Gasteiger partial charge in [0.1, 0.15) is 5.52 Å². The van der Waals surface area contributed by atoms with Gasteiger partial charge in [-0.25, -0.2) is 4.68 Å². The molecule has 0 saturated carbocycles. The molecule has 0 radical (unpaired) electrons. The van der Waals surface area contributed by atoms with E-state index in [1.54, 1.807) is 0 Å². The van der Waals surface area contributed by atoms with Gasteiger partial charge in [0, 0.05) is 17.2 Å². The summed E-state index contributed by atoms with van der Waals surface area (Å²) >= 11 is 0. The minimum Gasteiger partial charge on any atom is -0.334 e. The molecule has 25 heavy (non-hydrogen) atoms. The fourth-order valence-corrected chi connectivity index (χ4v) is 2.84. The van der Waals surface area contributed by atoms with Gasteiger partial charge in [-0.3, -0.25) is 0 Å². The van der Waals surface area contributed by atoms with Crippen LogP contribution in [0.2, 0.25) is 0 Å². The summed E-state index contributed by atoms with van der Waals surface area (Å²) in [5.41, 5.74) is 4.86. The van der Waals surface area contributed by atoms with Gasteiger partial charge in [-0.2, -0.15) is 4.98 Å². The lowest BCUT2D eigenvalue weighted by Gasteiger charge is -2.04. The van der Waals surface area contributed by atoms with Gasteiger partial charge in [0.2, 0.25) is 5.82 Å². The predicted octanol–water partition coefficient (Wildman–Crippen LogP) is 4.29. The molecule has 0 saturated heterocycles. The Kier molecular flexibility index (Phi) is 3.80. The minimum atomic E-state index is 0.262. The van der Waals surface area contributed by atoms with Gasteiger partial charge in [0.15, 0.2) is 0 Å². The molecule has 4 rings (SSSR count). The van der Waals surface area contributed by atoms with Gasteiger partial charge >= 0.3 is 0 Å². The van der Waals surface area contributed by atoms with Crippen LogP contribution in [0.5, 0.6) is 0 Å². The first kappa shape index (κ1) is 15.5. The summed E-state index contributed by atoms with van der Waals surface area (Å²) in [6.45, 7) is 6.29. The molecule has 0 amide bonds. The third kappa shape index (κ3) is 2.80. The van der Waals surface area contributed by atoms with Crippen LogP contribution >= 0.6 is 0 Å². The summed E-state index contributed by atoms with van der Waals surface area (Å²) in [4.78, 5) is 4.54. The second-order valence-electron chi connectivity index (χ2n) is 6.31. The Labute approximate surface area is 145 Å². The van der Waals surface area contributed by atoms with Crippen molar-refractivity contribution < 1.29 is 4.52 Å². The van der Waals surface area contributed by atoms with Crippen LogP contribution in [-0.2, 0) is 6.42 Å². The van der Waals surface area contributed by atoms with E-state index in [1.807, 2.05) is 35.0 Å². The van der Waals surface area contributed by atoms with E-state index in [4.69, 9.17) is 4.52 Å². The Morgan fingerprint density at radius 2 is 1.96 bits per heavy atom. The Morgan fingerprint density at radius 3 is 2.76 bits per heavy atom. The molecule has 0 spiro atoms. The van der Waals surface area contributed by atoms with Crippen molar-refractivity contribution in [3.05, 3.63) is 48.0 Å². The summed E-state index contributed by atoms with van der Waals surface area (Å²) in [7, 11) is 0. The van der Waals surface area contributed by atoms with Gasteiger partial charge in [-0.15, -0.1) is 5.10 Å². The van der Waals surface area contributed by atoms with E-state index in [9.17, 15) is 0 Å². The average Bonchev–Trinajstić information content (AvgIpc) is 3.28. The maximum absolute atomic E-state index is 5.46. The largest absolute Gasteiger partial charge is 0.334 e. The number of aromatic nitrogens is 5. The first-order chi connectivity index (χ1) is 12.2. The quantitative estimate of drug-likeness (QED) is 0.557. The van der Waals surface area contributed by atoms with Gasteiger partial charge < -0.3 is 4.52 Å². The first-order valence-electron chi connectivity index (χ1n) is 8.44. The molecular weight excluding hydrogens is 314 g/mol. The van der Waals surface area contributed by atoms with Crippen molar-refractivity contribution >= 4 is 11.0 Å². The van der Waals surface area contributed by atoms with Crippen molar-refractivity contribution in [2.24, 2.45) is 0 Å². The smallest absolute Gasteiger partial charge is 0.258 e. The van der Waals surface area contributed by atoms with E-state index in [0.29, 0.717) is 11.7 Å². The highest BCUT2D eigenvalue weighted by Crippen LogP contribution is 2.25. The number of benzene rings is 2. The molecule has 0 aliphatic carbocycles. The maximum Gasteiger partial charge on any atom is 0.258 e. The molecule has 0 bridgehead atoms. The summed E-state index contributed by atoms with van der Waals surface area (Å²) < 4.78 is 7.36. The van der Waals surface area contributed by atoms with Crippen LogP contribution in [0, 0.1) is 0 Å². The Hall–Kier alpha value is -3.02. The standard InChI is InChI=1S/C19H19N5O/c1-4-13-6-5-7-15(10-13)19-20-18(22-25-19)14-8-9-17-16(11-14)21-23-24(17)12(2)3/h5-12H,4H2,1-3H3. The zero-order chi connectivity index (χ0) is 17.4. The lowest BCUT2D eigenvalue weighted by atomic mass is 10.1. The maximum atomic E-state index is 5.46. The molecule has 0 unspecified atom stereocenters. The topological polar surface area (TPSA) is 69.6 Å². The van der Waals surface area contributed by atoms with E-state index in [1.165, 1.54) is 5.56 Å². The molecule has 0 fully saturated rings. The fraction of sp³-hybridized carbons (Fsp3) is 0.263. The molecule has 0 aliphatic heterocycles. The zero-order valence-electron chi connectivity index (χ0n) is 14.5. The highest BCUT2D eigenvalue weighted by molar-refractivity contribution is 5.80. The molecule has 2 heterocycles. The molecule has 6 heteroatoms. The van der Waals surface area contributed by atoms with Gasteiger partial charge in [0.05, 0.1) is 5.52 Å². The van der Waals surface area contributed by atoms with Crippen LogP contribution in [0.25, 0.3) is 33.9 Å². The van der Waals surface area contributed by atoms with Gasteiger partial charge in [-0.05, 0) is 56.2 Å². The molecule has 6 nitrogen and oxygen atoms in total. The van der Waals surface area contributed by atoms with Crippen LogP contribution < -0.4 is 0 Å². The van der Waals surface area contributed by atoms with E-state index in [-0.39, 0.29) is 6.04 Å². The number of rotatable bonds is 4.